The molecule has 0 spiro atoms. The summed E-state index contributed by atoms with van der Waals surface area (Å²) in [5, 5.41) is 4.64. The average Bonchev–Trinajstić information content (AvgIpc) is 3.27. The zero-order chi connectivity index (χ0) is 22.0. The smallest absolute Gasteiger partial charge is 0.270 e. The topological polar surface area (TPSA) is 84.9 Å². The van der Waals surface area contributed by atoms with Gasteiger partial charge in [-0.05, 0) is 29.1 Å². The van der Waals surface area contributed by atoms with E-state index in [1.807, 2.05) is 30.3 Å². The summed E-state index contributed by atoms with van der Waals surface area (Å²) in [5.41, 5.74) is 1.78. The minimum absolute atomic E-state index is 0.133. The first-order valence-corrected chi connectivity index (χ1v) is 11.6. The van der Waals surface area contributed by atoms with Crippen molar-refractivity contribution in [2.45, 2.75) is 6.54 Å². The molecule has 0 aliphatic carbocycles. The molecule has 0 atom stereocenters. The number of thiophene rings is 1. The second kappa shape index (κ2) is 8.44. The largest absolute Gasteiger partial charge is 0.493 e. The number of rotatable bonds is 6. The number of anilines is 2. The highest BCUT2D eigenvalue weighted by molar-refractivity contribution is 7.97. The molecule has 2 aromatic carbocycles. The summed E-state index contributed by atoms with van der Waals surface area (Å²) in [5.74, 6) is 0.497. The molecule has 7 nitrogen and oxygen atoms in total. The third kappa shape index (κ3) is 3.89. The summed E-state index contributed by atoms with van der Waals surface area (Å²) in [6, 6.07) is 16.0. The number of nitrogens with one attached hydrogen (secondary N) is 1. The van der Waals surface area contributed by atoms with E-state index in [2.05, 4.69) is 5.32 Å². The van der Waals surface area contributed by atoms with Gasteiger partial charge in [0.25, 0.3) is 10.0 Å². The number of benzene rings is 2. The Hall–Kier alpha value is -3.30. The number of carbonyl (C=O) groups is 1. The molecule has 3 aromatic rings. The van der Waals surface area contributed by atoms with E-state index in [9.17, 15) is 13.2 Å². The molecule has 1 aromatic heterocycles. The van der Waals surface area contributed by atoms with Gasteiger partial charge < -0.3 is 14.8 Å². The van der Waals surface area contributed by atoms with Crippen LogP contribution in [0.2, 0.25) is 0 Å². The van der Waals surface area contributed by atoms with E-state index < -0.39 is 15.8 Å². The van der Waals surface area contributed by atoms with Gasteiger partial charge in [-0.25, -0.2) is 8.42 Å². The van der Waals surface area contributed by atoms with E-state index >= 15 is 0 Å². The van der Waals surface area contributed by atoms with E-state index in [0.29, 0.717) is 27.8 Å². The van der Waals surface area contributed by atoms with Gasteiger partial charge in [0.05, 0.1) is 26.5 Å². The van der Waals surface area contributed by atoms with Crippen LogP contribution in [0.3, 0.4) is 0 Å². The van der Waals surface area contributed by atoms with Crippen molar-refractivity contribution in [1.29, 1.82) is 0 Å². The number of hydrogen-bond donors (Lipinski definition) is 1. The molecule has 0 fully saturated rings. The molecular formula is C22H20N2O5S2. The van der Waals surface area contributed by atoms with E-state index in [-0.39, 0.29) is 11.4 Å². The summed E-state index contributed by atoms with van der Waals surface area (Å²) in [6.07, 6.45) is 1.24. The molecule has 1 aliphatic rings. The molecule has 2 heterocycles. The lowest BCUT2D eigenvalue weighted by molar-refractivity contribution is 0.104. The number of ether oxygens (including phenoxy) is 2. The number of carbonyl (C=O) groups excluding carboxylic acids is 1. The number of methoxy groups -OCH3 is 2. The molecular weight excluding hydrogens is 436 g/mol. The first-order chi connectivity index (χ1) is 15.0. The number of nitrogens with zero attached hydrogens (tertiary/aromatic N) is 1. The minimum atomic E-state index is -4.06. The Kier molecular flexibility index (Phi) is 5.71. The maximum absolute atomic E-state index is 13.4. The van der Waals surface area contributed by atoms with Crippen LogP contribution in [0.25, 0.3) is 0 Å². The summed E-state index contributed by atoms with van der Waals surface area (Å²) in [7, 11) is -1.02. The average molecular weight is 457 g/mol. The van der Waals surface area contributed by atoms with Crippen LogP contribution in [0.15, 0.2) is 71.1 Å². The minimum Gasteiger partial charge on any atom is -0.493 e. The zero-order valence-electron chi connectivity index (χ0n) is 16.9. The number of Topliss-reactive ketones (excluding diaryl/α,β-unsaturated/α-hetero) is 1. The van der Waals surface area contributed by atoms with Gasteiger partial charge in [-0.15, -0.1) is 11.3 Å². The summed E-state index contributed by atoms with van der Waals surface area (Å²) in [4.78, 5) is 13.1. The lowest BCUT2D eigenvalue weighted by Crippen LogP contribution is -2.38. The van der Waals surface area contributed by atoms with Crippen molar-refractivity contribution >= 4 is 38.5 Å². The van der Waals surface area contributed by atoms with Gasteiger partial charge in [-0.3, -0.25) is 9.10 Å². The zero-order valence-corrected chi connectivity index (χ0v) is 18.5. The molecule has 9 heteroatoms. The third-order valence-electron chi connectivity index (χ3n) is 4.83. The second-order valence-corrected chi connectivity index (χ2v) is 9.43. The van der Waals surface area contributed by atoms with Gasteiger partial charge in [0.15, 0.2) is 16.4 Å². The van der Waals surface area contributed by atoms with Crippen molar-refractivity contribution in [3.8, 4) is 11.5 Å². The molecule has 160 valence electrons. The SMILES string of the molecule is COc1ccc(N/C=C2/C(=O)c3sccc3N(Cc3ccccc3)S2(=O)=O)cc1OC. The molecule has 4 rings (SSSR count). The van der Waals surface area contributed by atoms with Crippen molar-refractivity contribution in [2.24, 2.45) is 0 Å². The summed E-state index contributed by atoms with van der Waals surface area (Å²) < 4.78 is 38.5. The monoisotopic (exact) mass is 456 g/mol. The van der Waals surface area contributed by atoms with Crippen LogP contribution < -0.4 is 19.1 Å². The highest BCUT2D eigenvalue weighted by Gasteiger charge is 2.41. The van der Waals surface area contributed by atoms with Gasteiger partial charge in [-0.1, -0.05) is 30.3 Å². The normalized spacial score (nSPS) is 16.1. The van der Waals surface area contributed by atoms with Crippen molar-refractivity contribution in [3.05, 3.63) is 81.5 Å². The molecule has 1 aliphatic heterocycles. The molecule has 0 unspecified atom stereocenters. The van der Waals surface area contributed by atoms with Crippen LogP contribution in [0, 0.1) is 0 Å². The Morgan fingerprint density at radius 2 is 1.77 bits per heavy atom. The van der Waals surface area contributed by atoms with Gasteiger partial charge in [0.1, 0.15) is 4.88 Å². The van der Waals surface area contributed by atoms with Crippen molar-refractivity contribution in [1.82, 2.24) is 0 Å². The van der Waals surface area contributed by atoms with Crippen LogP contribution in [0.5, 0.6) is 11.5 Å². The second-order valence-electron chi connectivity index (χ2n) is 6.68. The van der Waals surface area contributed by atoms with Crippen LogP contribution in [-0.4, -0.2) is 28.4 Å². The predicted molar refractivity (Wildman–Crippen MR) is 121 cm³/mol. The van der Waals surface area contributed by atoms with Gasteiger partial charge >= 0.3 is 0 Å². The van der Waals surface area contributed by atoms with Crippen LogP contribution >= 0.6 is 11.3 Å². The lowest BCUT2D eigenvalue weighted by atomic mass is 10.2. The Labute approximate surface area is 184 Å². The number of hydrogen-bond acceptors (Lipinski definition) is 7. The highest BCUT2D eigenvalue weighted by atomic mass is 32.2. The fourth-order valence-corrected chi connectivity index (χ4v) is 5.76. The molecule has 0 radical (unpaired) electrons. The van der Waals surface area contributed by atoms with Gasteiger partial charge in [0, 0.05) is 18.0 Å². The molecule has 0 amide bonds. The summed E-state index contributed by atoms with van der Waals surface area (Å²) >= 11 is 1.22. The molecule has 0 saturated carbocycles. The number of allylic oxidation sites excluding steroid dienone is 1. The predicted octanol–water partition coefficient (Wildman–Crippen LogP) is 4.25. The Balaban J connectivity index is 1.72. The fraction of sp³-hybridized carbons (Fsp3) is 0.136. The van der Waals surface area contributed by atoms with Gasteiger partial charge in [0.2, 0.25) is 5.78 Å². The molecule has 31 heavy (non-hydrogen) atoms. The first kappa shape index (κ1) is 21.0. The number of sulfonamides is 1. The van der Waals surface area contributed by atoms with Crippen LogP contribution in [0.1, 0.15) is 15.2 Å². The maximum atomic E-state index is 13.4. The van der Waals surface area contributed by atoms with Gasteiger partial charge in [-0.2, -0.15) is 0 Å². The molecule has 0 saturated heterocycles. The van der Waals surface area contributed by atoms with Crippen molar-refractivity contribution in [2.75, 3.05) is 23.8 Å². The standard InChI is InChI=1S/C22H20N2O5S2/c1-28-18-9-8-16(12-19(18)29-2)23-13-20-21(25)22-17(10-11-30-22)24(31(20,26)27)14-15-6-4-3-5-7-15/h3-13,23H,14H2,1-2H3/b20-13-. The molecule has 0 bridgehead atoms. The Morgan fingerprint density at radius 3 is 2.48 bits per heavy atom. The maximum Gasteiger partial charge on any atom is 0.270 e. The van der Waals surface area contributed by atoms with Crippen LogP contribution in [0.4, 0.5) is 11.4 Å². The first-order valence-electron chi connectivity index (χ1n) is 9.33. The van der Waals surface area contributed by atoms with E-state index in [1.54, 1.807) is 29.6 Å². The third-order valence-corrected chi connectivity index (χ3v) is 7.50. The fourth-order valence-electron chi connectivity index (χ4n) is 3.28. The lowest BCUT2D eigenvalue weighted by Gasteiger charge is -2.29. The highest BCUT2D eigenvalue weighted by Crippen LogP contribution is 2.39. The Bertz CT molecular complexity index is 1250. The number of fused-ring (bicyclic) bond motifs is 1. The van der Waals surface area contributed by atoms with E-state index in [0.717, 1.165) is 5.56 Å². The van der Waals surface area contributed by atoms with E-state index in [4.69, 9.17) is 9.47 Å². The van der Waals surface area contributed by atoms with Crippen molar-refractivity contribution < 1.29 is 22.7 Å². The number of ketones is 1. The van der Waals surface area contributed by atoms with Crippen molar-refractivity contribution in [3.63, 3.8) is 0 Å². The van der Waals surface area contributed by atoms with E-state index in [1.165, 1.54) is 36.1 Å². The molecule has 1 N–H and O–H groups in total. The Morgan fingerprint density at radius 1 is 1.03 bits per heavy atom. The summed E-state index contributed by atoms with van der Waals surface area (Å²) in [6.45, 7) is 0.133. The quantitative estimate of drug-likeness (QED) is 0.558. The van der Waals surface area contributed by atoms with Crippen LogP contribution in [-0.2, 0) is 16.6 Å².